The maximum Gasteiger partial charge on any atom is 0.263 e. The number of aryl methyl sites for hydroxylation is 1. The first-order chi connectivity index (χ1) is 9.59. The highest BCUT2D eigenvalue weighted by molar-refractivity contribution is 7.13. The van der Waals surface area contributed by atoms with Crippen LogP contribution in [0, 0.1) is 6.92 Å². The first-order valence-corrected chi connectivity index (χ1v) is 7.34. The summed E-state index contributed by atoms with van der Waals surface area (Å²) in [7, 11) is 0. The number of para-hydroxylation sites is 2. The molecule has 1 heterocycles. The molecule has 4 nitrogen and oxygen atoms in total. The van der Waals surface area contributed by atoms with Crippen LogP contribution in [-0.2, 0) is 0 Å². The quantitative estimate of drug-likeness (QED) is 0.659. The molecule has 1 amide bonds. The number of hydrogen-bond donors (Lipinski definition) is 2. The predicted molar refractivity (Wildman–Crippen MR) is 82.7 cm³/mol. The molecule has 2 rings (SSSR count). The normalized spacial score (nSPS) is 10.3. The van der Waals surface area contributed by atoms with Crippen molar-refractivity contribution < 1.29 is 9.53 Å². The molecular weight excluding hydrogens is 296 g/mol. The summed E-state index contributed by atoms with van der Waals surface area (Å²) in [4.78, 5) is 12.4. The van der Waals surface area contributed by atoms with Crippen molar-refractivity contribution in [3.05, 3.63) is 45.1 Å². The average Bonchev–Trinajstić information content (AvgIpc) is 2.77. The number of amides is 1. The standard InChI is InChI=1S/C14H15ClN2O2S/c1-9-8-20-13(12(9)15)14(18)17-6-7-19-11-5-3-2-4-10(11)16/h2-5,8H,6-7,16H2,1H3,(H,17,18). The van der Waals surface area contributed by atoms with E-state index in [1.807, 2.05) is 24.4 Å². The fourth-order valence-corrected chi connectivity index (χ4v) is 2.80. The molecule has 0 bridgehead atoms. The van der Waals surface area contributed by atoms with Crippen LogP contribution in [0.15, 0.2) is 29.6 Å². The number of thiophene rings is 1. The Hall–Kier alpha value is -1.72. The molecule has 106 valence electrons. The third-order valence-electron chi connectivity index (χ3n) is 2.67. The van der Waals surface area contributed by atoms with Gasteiger partial charge in [0.1, 0.15) is 17.2 Å². The van der Waals surface area contributed by atoms with Crippen molar-refractivity contribution in [1.29, 1.82) is 0 Å². The van der Waals surface area contributed by atoms with E-state index in [0.717, 1.165) is 5.56 Å². The van der Waals surface area contributed by atoms with Crippen LogP contribution in [0.1, 0.15) is 15.2 Å². The minimum absolute atomic E-state index is 0.183. The van der Waals surface area contributed by atoms with Gasteiger partial charge in [-0.25, -0.2) is 0 Å². The molecule has 6 heteroatoms. The summed E-state index contributed by atoms with van der Waals surface area (Å²) in [6.07, 6.45) is 0. The van der Waals surface area contributed by atoms with Crippen molar-refractivity contribution in [1.82, 2.24) is 5.32 Å². The third kappa shape index (κ3) is 3.43. The number of nitrogen functional groups attached to an aromatic ring is 1. The number of halogens is 1. The van der Waals surface area contributed by atoms with Crippen LogP contribution in [-0.4, -0.2) is 19.1 Å². The van der Waals surface area contributed by atoms with E-state index in [1.165, 1.54) is 11.3 Å². The van der Waals surface area contributed by atoms with E-state index in [9.17, 15) is 4.79 Å². The third-order valence-corrected chi connectivity index (χ3v) is 4.37. The van der Waals surface area contributed by atoms with Gasteiger partial charge in [0.15, 0.2) is 0 Å². The molecule has 0 aliphatic carbocycles. The van der Waals surface area contributed by atoms with Gasteiger partial charge in [0.05, 0.1) is 17.3 Å². The molecule has 0 spiro atoms. The highest BCUT2D eigenvalue weighted by Crippen LogP contribution is 2.26. The molecule has 0 fully saturated rings. The lowest BCUT2D eigenvalue weighted by Gasteiger charge is -2.09. The van der Waals surface area contributed by atoms with Crippen LogP contribution < -0.4 is 15.8 Å². The summed E-state index contributed by atoms with van der Waals surface area (Å²) < 4.78 is 5.49. The summed E-state index contributed by atoms with van der Waals surface area (Å²) in [5.74, 6) is 0.435. The predicted octanol–water partition coefficient (Wildman–Crippen LogP) is 3.10. The van der Waals surface area contributed by atoms with E-state index >= 15 is 0 Å². The highest BCUT2D eigenvalue weighted by Gasteiger charge is 2.13. The van der Waals surface area contributed by atoms with Crippen LogP contribution in [0.25, 0.3) is 0 Å². The summed E-state index contributed by atoms with van der Waals surface area (Å²) in [5.41, 5.74) is 7.24. The molecule has 3 N–H and O–H groups in total. The Morgan fingerprint density at radius 2 is 2.20 bits per heavy atom. The average molecular weight is 311 g/mol. The molecule has 2 aromatic rings. The monoisotopic (exact) mass is 310 g/mol. The van der Waals surface area contributed by atoms with Gasteiger partial charge >= 0.3 is 0 Å². The second kappa shape index (κ2) is 6.63. The van der Waals surface area contributed by atoms with Gasteiger partial charge in [-0.1, -0.05) is 23.7 Å². The Labute approximate surface area is 126 Å². The molecule has 0 unspecified atom stereocenters. The fraction of sp³-hybridized carbons (Fsp3) is 0.214. The number of ether oxygens (including phenoxy) is 1. The van der Waals surface area contributed by atoms with Crippen molar-refractivity contribution in [3.8, 4) is 5.75 Å². The van der Waals surface area contributed by atoms with Crippen LogP contribution in [0.5, 0.6) is 5.75 Å². The van der Waals surface area contributed by atoms with Gasteiger partial charge in [0, 0.05) is 0 Å². The van der Waals surface area contributed by atoms with Crippen LogP contribution in [0.3, 0.4) is 0 Å². The molecule has 20 heavy (non-hydrogen) atoms. The van der Waals surface area contributed by atoms with Crippen molar-refractivity contribution in [2.75, 3.05) is 18.9 Å². The Morgan fingerprint density at radius 1 is 1.45 bits per heavy atom. The van der Waals surface area contributed by atoms with E-state index in [0.29, 0.717) is 34.5 Å². The molecule has 0 saturated heterocycles. The van der Waals surface area contributed by atoms with Gasteiger partial charge in [-0.05, 0) is 30.0 Å². The molecule has 0 aliphatic rings. The number of nitrogens with one attached hydrogen (secondary N) is 1. The zero-order chi connectivity index (χ0) is 14.5. The van der Waals surface area contributed by atoms with Crippen LogP contribution >= 0.6 is 22.9 Å². The second-order valence-electron chi connectivity index (χ2n) is 4.20. The van der Waals surface area contributed by atoms with Crippen LogP contribution in [0.4, 0.5) is 5.69 Å². The number of carbonyl (C=O) groups excluding carboxylic acids is 1. The number of rotatable bonds is 5. The van der Waals surface area contributed by atoms with Gasteiger partial charge in [-0.15, -0.1) is 11.3 Å². The number of hydrogen-bond acceptors (Lipinski definition) is 4. The maximum atomic E-state index is 11.9. The summed E-state index contributed by atoms with van der Waals surface area (Å²) in [6, 6.07) is 7.24. The summed E-state index contributed by atoms with van der Waals surface area (Å²) >= 11 is 7.37. The van der Waals surface area contributed by atoms with E-state index in [-0.39, 0.29) is 5.91 Å². The topological polar surface area (TPSA) is 64.3 Å². The zero-order valence-electron chi connectivity index (χ0n) is 11.0. The second-order valence-corrected chi connectivity index (χ2v) is 5.46. The molecule has 0 aliphatic heterocycles. The molecule has 0 saturated carbocycles. The SMILES string of the molecule is Cc1csc(C(=O)NCCOc2ccccc2N)c1Cl. The number of benzene rings is 1. The van der Waals surface area contributed by atoms with Gasteiger partial charge in [0.2, 0.25) is 0 Å². The minimum Gasteiger partial charge on any atom is -0.490 e. The Kier molecular flexibility index (Phi) is 4.87. The van der Waals surface area contributed by atoms with Crippen molar-refractivity contribution in [2.24, 2.45) is 0 Å². The Bertz CT molecular complexity index is 613. The van der Waals surface area contributed by atoms with E-state index in [1.54, 1.807) is 12.1 Å². The lowest BCUT2D eigenvalue weighted by Crippen LogP contribution is -2.27. The Balaban J connectivity index is 1.81. The van der Waals surface area contributed by atoms with E-state index in [2.05, 4.69) is 5.32 Å². The first-order valence-electron chi connectivity index (χ1n) is 6.08. The summed E-state index contributed by atoms with van der Waals surface area (Å²) in [5, 5.41) is 5.14. The Morgan fingerprint density at radius 3 is 2.85 bits per heavy atom. The number of anilines is 1. The maximum absolute atomic E-state index is 11.9. The van der Waals surface area contributed by atoms with Gasteiger partial charge in [0.25, 0.3) is 5.91 Å². The van der Waals surface area contributed by atoms with Gasteiger partial charge in [-0.3, -0.25) is 4.79 Å². The number of carbonyl (C=O) groups is 1. The molecule has 1 aromatic heterocycles. The summed E-state index contributed by atoms with van der Waals surface area (Å²) in [6.45, 7) is 2.61. The van der Waals surface area contributed by atoms with Gasteiger partial charge in [-0.2, -0.15) is 0 Å². The van der Waals surface area contributed by atoms with E-state index < -0.39 is 0 Å². The highest BCUT2D eigenvalue weighted by atomic mass is 35.5. The fourth-order valence-electron chi connectivity index (χ4n) is 1.60. The van der Waals surface area contributed by atoms with Gasteiger partial charge < -0.3 is 15.8 Å². The van der Waals surface area contributed by atoms with Crippen molar-refractivity contribution in [3.63, 3.8) is 0 Å². The minimum atomic E-state index is -0.183. The molecular formula is C14H15ClN2O2S. The molecule has 0 atom stereocenters. The van der Waals surface area contributed by atoms with Crippen molar-refractivity contribution in [2.45, 2.75) is 6.92 Å². The van der Waals surface area contributed by atoms with E-state index in [4.69, 9.17) is 22.1 Å². The molecule has 0 radical (unpaired) electrons. The lowest BCUT2D eigenvalue weighted by atomic mass is 10.3. The van der Waals surface area contributed by atoms with Crippen molar-refractivity contribution >= 4 is 34.5 Å². The largest absolute Gasteiger partial charge is 0.490 e. The van der Waals surface area contributed by atoms with Crippen LogP contribution in [0.2, 0.25) is 5.02 Å². The first kappa shape index (κ1) is 14.7. The lowest BCUT2D eigenvalue weighted by molar-refractivity contribution is 0.0951. The number of nitrogens with two attached hydrogens (primary N) is 1. The smallest absolute Gasteiger partial charge is 0.263 e. The zero-order valence-corrected chi connectivity index (χ0v) is 12.6. The molecule has 1 aromatic carbocycles.